The Hall–Kier alpha value is -3.32. The van der Waals surface area contributed by atoms with Crippen LogP contribution in [0.5, 0.6) is 5.75 Å². The molecule has 1 heterocycles. The van der Waals surface area contributed by atoms with Gasteiger partial charge in [0.1, 0.15) is 18.9 Å². The number of nitrogens with one attached hydrogen (secondary N) is 1. The highest BCUT2D eigenvalue weighted by atomic mass is 32.2. The first-order valence-electron chi connectivity index (χ1n) is 8.92. The van der Waals surface area contributed by atoms with Crippen molar-refractivity contribution in [3.05, 3.63) is 77.2 Å². The van der Waals surface area contributed by atoms with Gasteiger partial charge in [-0.3, -0.25) is 19.3 Å². The van der Waals surface area contributed by atoms with Gasteiger partial charge in [-0.1, -0.05) is 36.9 Å². The van der Waals surface area contributed by atoms with Crippen molar-refractivity contribution in [1.29, 1.82) is 0 Å². The summed E-state index contributed by atoms with van der Waals surface area (Å²) in [5, 5.41) is 2.23. The van der Waals surface area contributed by atoms with E-state index in [4.69, 9.17) is 4.74 Å². The Morgan fingerprint density at radius 2 is 2.00 bits per heavy atom. The zero-order valence-electron chi connectivity index (χ0n) is 15.9. The number of thioether (sulfide) groups is 1. The maximum Gasteiger partial charge on any atom is 0.294 e. The SMILES string of the molecule is C=CCOc1cccc(/C=C2/SC(=O)N(CC(=O)Nc3cccc(C)c3)C2=O)c1. The minimum atomic E-state index is -0.489. The molecule has 3 amide bonds. The minimum Gasteiger partial charge on any atom is -0.490 e. The number of carbonyl (C=O) groups is 3. The van der Waals surface area contributed by atoms with Crippen molar-refractivity contribution in [1.82, 2.24) is 4.90 Å². The molecule has 3 rings (SSSR count). The van der Waals surface area contributed by atoms with Gasteiger partial charge in [0.2, 0.25) is 5.91 Å². The van der Waals surface area contributed by atoms with Gasteiger partial charge in [0.25, 0.3) is 11.1 Å². The molecule has 0 saturated carbocycles. The van der Waals surface area contributed by atoms with Gasteiger partial charge in [0, 0.05) is 5.69 Å². The summed E-state index contributed by atoms with van der Waals surface area (Å²) < 4.78 is 5.48. The molecule has 0 spiro atoms. The summed E-state index contributed by atoms with van der Waals surface area (Å²) in [7, 11) is 0. The van der Waals surface area contributed by atoms with E-state index in [1.165, 1.54) is 0 Å². The molecule has 1 saturated heterocycles. The molecule has 1 aliphatic heterocycles. The number of nitrogens with zero attached hydrogens (tertiary/aromatic N) is 1. The van der Waals surface area contributed by atoms with Crippen LogP contribution in [-0.4, -0.2) is 35.1 Å². The van der Waals surface area contributed by atoms with Gasteiger partial charge in [0.15, 0.2) is 0 Å². The minimum absolute atomic E-state index is 0.263. The summed E-state index contributed by atoms with van der Waals surface area (Å²) in [5.74, 6) is -0.286. The molecule has 0 aromatic heterocycles. The third-order valence-electron chi connectivity index (χ3n) is 4.00. The second-order valence-electron chi connectivity index (χ2n) is 6.36. The van der Waals surface area contributed by atoms with E-state index in [9.17, 15) is 14.4 Å². The highest BCUT2D eigenvalue weighted by Gasteiger charge is 2.36. The van der Waals surface area contributed by atoms with E-state index < -0.39 is 17.1 Å². The number of aryl methyl sites for hydroxylation is 1. The molecule has 0 radical (unpaired) electrons. The summed E-state index contributed by atoms with van der Waals surface area (Å²) in [4.78, 5) is 38.3. The predicted molar refractivity (Wildman–Crippen MR) is 115 cm³/mol. The van der Waals surface area contributed by atoms with E-state index in [-0.39, 0.29) is 11.4 Å². The topological polar surface area (TPSA) is 75.7 Å². The highest BCUT2D eigenvalue weighted by Crippen LogP contribution is 2.32. The number of hydrogen-bond donors (Lipinski definition) is 1. The van der Waals surface area contributed by atoms with Gasteiger partial charge in [-0.05, 0) is 60.2 Å². The number of benzene rings is 2. The van der Waals surface area contributed by atoms with Crippen molar-refractivity contribution in [3.63, 3.8) is 0 Å². The molecule has 0 unspecified atom stereocenters. The van der Waals surface area contributed by atoms with E-state index in [1.54, 1.807) is 42.5 Å². The van der Waals surface area contributed by atoms with E-state index in [0.717, 1.165) is 27.8 Å². The second-order valence-corrected chi connectivity index (χ2v) is 7.35. The fraction of sp³-hybridized carbons (Fsp3) is 0.136. The van der Waals surface area contributed by atoms with Crippen LogP contribution >= 0.6 is 11.8 Å². The Labute approximate surface area is 173 Å². The molecule has 6 nitrogen and oxygen atoms in total. The predicted octanol–water partition coefficient (Wildman–Crippen LogP) is 4.23. The van der Waals surface area contributed by atoms with Crippen molar-refractivity contribution >= 4 is 40.6 Å². The maximum atomic E-state index is 12.6. The summed E-state index contributed by atoms with van der Waals surface area (Å²) in [5.41, 5.74) is 2.34. The lowest BCUT2D eigenvalue weighted by molar-refractivity contribution is -0.127. The Morgan fingerprint density at radius 1 is 1.21 bits per heavy atom. The highest BCUT2D eigenvalue weighted by molar-refractivity contribution is 8.18. The Balaban J connectivity index is 1.68. The number of ether oxygens (including phenoxy) is 1. The molecule has 1 fully saturated rings. The molecule has 0 aliphatic carbocycles. The third kappa shape index (κ3) is 5.36. The molecule has 7 heteroatoms. The number of rotatable bonds is 7. The van der Waals surface area contributed by atoms with E-state index in [0.29, 0.717) is 18.0 Å². The zero-order chi connectivity index (χ0) is 20.8. The number of carbonyl (C=O) groups excluding carboxylic acids is 3. The molecule has 0 bridgehead atoms. The van der Waals surface area contributed by atoms with Gasteiger partial charge in [-0.25, -0.2) is 0 Å². The van der Waals surface area contributed by atoms with Gasteiger partial charge < -0.3 is 10.1 Å². The summed E-state index contributed by atoms with van der Waals surface area (Å²) in [6.07, 6.45) is 3.25. The van der Waals surface area contributed by atoms with Crippen molar-refractivity contribution in [2.45, 2.75) is 6.92 Å². The first kappa shape index (κ1) is 20.4. The first-order chi connectivity index (χ1) is 14.0. The Morgan fingerprint density at radius 3 is 2.76 bits per heavy atom. The Bertz CT molecular complexity index is 1000. The molecule has 1 aliphatic rings. The lowest BCUT2D eigenvalue weighted by Gasteiger charge is -2.12. The molecule has 29 heavy (non-hydrogen) atoms. The average molecular weight is 408 g/mol. The van der Waals surface area contributed by atoms with Crippen molar-refractivity contribution < 1.29 is 19.1 Å². The van der Waals surface area contributed by atoms with Crippen LogP contribution in [0.25, 0.3) is 6.08 Å². The molecule has 148 valence electrons. The maximum absolute atomic E-state index is 12.6. The summed E-state index contributed by atoms with van der Waals surface area (Å²) in [6.45, 7) is 5.55. The quantitative estimate of drug-likeness (QED) is 0.548. The van der Waals surface area contributed by atoms with Crippen molar-refractivity contribution in [2.75, 3.05) is 18.5 Å². The van der Waals surface area contributed by atoms with Crippen LogP contribution in [-0.2, 0) is 9.59 Å². The third-order valence-corrected chi connectivity index (χ3v) is 4.91. The number of hydrogen-bond acceptors (Lipinski definition) is 5. The molecule has 0 atom stereocenters. The summed E-state index contributed by atoms with van der Waals surface area (Å²) in [6, 6.07) is 14.5. The van der Waals surface area contributed by atoms with E-state index >= 15 is 0 Å². The van der Waals surface area contributed by atoms with Crippen LogP contribution in [0.4, 0.5) is 10.5 Å². The fourth-order valence-electron chi connectivity index (χ4n) is 2.70. The lowest BCUT2D eigenvalue weighted by atomic mass is 10.2. The normalized spacial score (nSPS) is 14.9. The lowest BCUT2D eigenvalue weighted by Crippen LogP contribution is -2.36. The molecular formula is C22H20N2O4S. The zero-order valence-corrected chi connectivity index (χ0v) is 16.7. The van der Waals surface area contributed by atoms with Gasteiger partial charge in [-0.2, -0.15) is 0 Å². The number of imide groups is 1. The number of amides is 3. The van der Waals surface area contributed by atoms with Crippen molar-refractivity contribution in [3.8, 4) is 5.75 Å². The van der Waals surface area contributed by atoms with Crippen LogP contribution < -0.4 is 10.1 Å². The molecule has 1 N–H and O–H groups in total. The monoisotopic (exact) mass is 408 g/mol. The van der Waals surface area contributed by atoms with Gasteiger partial charge >= 0.3 is 0 Å². The van der Waals surface area contributed by atoms with Gasteiger partial charge in [0.05, 0.1) is 4.91 Å². The largest absolute Gasteiger partial charge is 0.490 e. The van der Waals surface area contributed by atoms with Crippen LogP contribution in [0.3, 0.4) is 0 Å². The van der Waals surface area contributed by atoms with Crippen LogP contribution in [0.1, 0.15) is 11.1 Å². The van der Waals surface area contributed by atoms with E-state index in [1.807, 2.05) is 25.1 Å². The van der Waals surface area contributed by atoms with Crippen molar-refractivity contribution in [2.24, 2.45) is 0 Å². The molecule has 2 aromatic carbocycles. The van der Waals surface area contributed by atoms with Crippen LogP contribution in [0, 0.1) is 6.92 Å². The smallest absolute Gasteiger partial charge is 0.294 e. The summed E-state index contributed by atoms with van der Waals surface area (Å²) >= 11 is 0.813. The second kappa shape index (κ2) is 9.25. The van der Waals surface area contributed by atoms with E-state index in [2.05, 4.69) is 11.9 Å². The molecule has 2 aromatic rings. The van der Waals surface area contributed by atoms with Crippen LogP contribution in [0.15, 0.2) is 66.1 Å². The molecular weight excluding hydrogens is 388 g/mol. The average Bonchev–Trinajstić information content (AvgIpc) is 2.94. The van der Waals surface area contributed by atoms with Gasteiger partial charge in [-0.15, -0.1) is 0 Å². The number of anilines is 1. The fourth-order valence-corrected chi connectivity index (χ4v) is 3.54. The standard InChI is InChI=1S/C22H20N2O4S/c1-3-10-28-18-9-5-7-16(12-18)13-19-21(26)24(22(27)29-19)14-20(25)23-17-8-4-6-15(2)11-17/h3-9,11-13H,1,10,14H2,2H3,(H,23,25)/b19-13+. The van der Waals surface area contributed by atoms with Crippen LogP contribution in [0.2, 0.25) is 0 Å². The first-order valence-corrected chi connectivity index (χ1v) is 9.73. The Kier molecular flexibility index (Phi) is 6.51.